The number of nitrogens with zero attached hydrogens (tertiary/aromatic N) is 3. The normalized spacial score (nSPS) is 14.4. The molecule has 0 fully saturated rings. The number of aryl methyl sites for hydroxylation is 2. The van der Waals surface area contributed by atoms with Crippen molar-refractivity contribution in [1.29, 1.82) is 0 Å². The van der Waals surface area contributed by atoms with E-state index in [2.05, 4.69) is 20.7 Å². The highest BCUT2D eigenvalue weighted by molar-refractivity contribution is 6.15. The van der Waals surface area contributed by atoms with Crippen LogP contribution in [0.2, 0.25) is 0 Å². The second kappa shape index (κ2) is 10.1. The number of phenolic OH excluding ortho intramolecular Hbond substituents is 1. The Morgan fingerprint density at radius 1 is 1.08 bits per heavy atom. The van der Waals surface area contributed by atoms with Gasteiger partial charge in [0.2, 0.25) is 5.91 Å². The minimum atomic E-state index is -0.616. The molecule has 0 saturated heterocycles. The van der Waals surface area contributed by atoms with Crippen molar-refractivity contribution in [3.63, 3.8) is 0 Å². The van der Waals surface area contributed by atoms with Gasteiger partial charge in [0.25, 0.3) is 5.91 Å². The van der Waals surface area contributed by atoms with Crippen molar-refractivity contribution >= 4 is 40.9 Å². The molecule has 2 amide bonds. The number of carbonyl (C=O) groups excluding carboxylic acids is 3. The SMILES string of the molecule is CCn1nc(C)cc1C(=O)Nc1cccc(C(=O)c2ccc3c(c2)NC(=O)C3C=Nc2cccc(O)c2)c1. The van der Waals surface area contributed by atoms with Crippen LogP contribution in [-0.2, 0) is 11.3 Å². The summed E-state index contributed by atoms with van der Waals surface area (Å²) in [5.41, 5.74) is 4.25. The summed E-state index contributed by atoms with van der Waals surface area (Å²) in [6.45, 7) is 4.29. The molecule has 1 aromatic heterocycles. The van der Waals surface area contributed by atoms with E-state index in [1.54, 1.807) is 71.4 Å². The molecule has 1 atom stereocenters. The average molecular weight is 508 g/mol. The third kappa shape index (κ3) is 4.94. The van der Waals surface area contributed by atoms with Gasteiger partial charge in [-0.1, -0.05) is 30.3 Å². The number of amides is 2. The van der Waals surface area contributed by atoms with Gasteiger partial charge in [0.05, 0.1) is 11.4 Å². The molecule has 9 nitrogen and oxygen atoms in total. The van der Waals surface area contributed by atoms with E-state index < -0.39 is 5.92 Å². The van der Waals surface area contributed by atoms with E-state index in [4.69, 9.17) is 0 Å². The number of hydrogen-bond acceptors (Lipinski definition) is 6. The van der Waals surface area contributed by atoms with Crippen LogP contribution in [0.15, 0.2) is 77.8 Å². The molecule has 3 N–H and O–H groups in total. The first-order chi connectivity index (χ1) is 18.3. The first-order valence-corrected chi connectivity index (χ1v) is 12.1. The molecular formula is C29H25N5O4. The standard InChI is InChI=1S/C29H25N5O4/c1-3-34-26(12-17(2)33-34)29(38)31-21-8-4-6-18(13-21)27(36)19-10-11-23-24(28(37)32-25(23)14-19)16-30-20-7-5-9-22(35)15-20/h4-16,24,35H,3H2,1-2H3,(H,31,38)(H,32,37). The summed E-state index contributed by atoms with van der Waals surface area (Å²) in [5, 5.41) is 19.6. The predicted molar refractivity (Wildman–Crippen MR) is 145 cm³/mol. The molecule has 4 aromatic rings. The summed E-state index contributed by atoms with van der Waals surface area (Å²) >= 11 is 0. The fraction of sp³-hybridized carbons (Fsp3) is 0.138. The summed E-state index contributed by atoms with van der Waals surface area (Å²) in [7, 11) is 0. The average Bonchev–Trinajstić information content (AvgIpc) is 3.45. The zero-order valence-corrected chi connectivity index (χ0v) is 20.8. The molecule has 1 unspecified atom stereocenters. The monoisotopic (exact) mass is 507 g/mol. The molecule has 2 heterocycles. The molecule has 5 rings (SSSR count). The lowest BCUT2D eigenvalue weighted by molar-refractivity contribution is -0.115. The Bertz CT molecular complexity index is 1600. The zero-order valence-electron chi connectivity index (χ0n) is 20.8. The number of fused-ring (bicyclic) bond motifs is 1. The summed E-state index contributed by atoms with van der Waals surface area (Å²) < 4.78 is 1.63. The Hall–Kier alpha value is -5.05. The van der Waals surface area contributed by atoms with Crippen LogP contribution in [0.3, 0.4) is 0 Å². The lowest BCUT2D eigenvalue weighted by atomic mass is 9.97. The van der Waals surface area contributed by atoms with Gasteiger partial charge in [0.1, 0.15) is 17.4 Å². The largest absolute Gasteiger partial charge is 0.508 e. The maximum absolute atomic E-state index is 13.3. The summed E-state index contributed by atoms with van der Waals surface area (Å²) in [4.78, 5) is 43.0. The van der Waals surface area contributed by atoms with Gasteiger partial charge in [0.15, 0.2) is 5.78 Å². The van der Waals surface area contributed by atoms with E-state index >= 15 is 0 Å². The second-order valence-corrected chi connectivity index (χ2v) is 8.92. The maximum Gasteiger partial charge on any atom is 0.273 e. The molecular weight excluding hydrogens is 482 g/mol. The lowest BCUT2D eigenvalue weighted by Gasteiger charge is -2.09. The zero-order chi connectivity index (χ0) is 26.8. The van der Waals surface area contributed by atoms with E-state index in [0.29, 0.717) is 46.0 Å². The van der Waals surface area contributed by atoms with Gasteiger partial charge in [-0.05, 0) is 55.8 Å². The number of carbonyl (C=O) groups is 3. The summed E-state index contributed by atoms with van der Waals surface area (Å²) in [6.07, 6.45) is 1.52. The van der Waals surface area contributed by atoms with Crippen LogP contribution in [0.25, 0.3) is 0 Å². The van der Waals surface area contributed by atoms with Gasteiger partial charge < -0.3 is 15.7 Å². The third-order valence-electron chi connectivity index (χ3n) is 6.21. The number of aliphatic imine (C=N–C) groups is 1. The molecule has 1 aliphatic heterocycles. The smallest absolute Gasteiger partial charge is 0.273 e. The number of hydrogen-bond donors (Lipinski definition) is 3. The number of rotatable bonds is 7. The molecule has 3 aromatic carbocycles. The number of ketones is 1. The third-order valence-corrected chi connectivity index (χ3v) is 6.21. The molecule has 1 aliphatic rings. The lowest BCUT2D eigenvalue weighted by Crippen LogP contribution is -2.17. The Labute approximate surface area is 218 Å². The molecule has 0 aliphatic carbocycles. The van der Waals surface area contributed by atoms with Crippen molar-refractivity contribution in [3.8, 4) is 5.75 Å². The summed E-state index contributed by atoms with van der Waals surface area (Å²) in [5.74, 6) is -1.33. The minimum Gasteiger partial charge on any atom is -0.508 e. The van der Waals surface area contributed by atoms with Crippen molar-refractivity contribution in [2.75, 3.05) is 10.6 Å². The van der Waals surface area contributed by atoms with E-state index in [-0.39, 0.29) is 23.3 Å². The molecule has 0 bridgehead atoms. The van der Waals surface area contributed by atoms with Crippen LogP contribution in [0, 0.1) is 6.92 Å². The molecule has 0 spiro atoms. The molecule has 190 valence electrons. The molecule has 0 saturated carbocycles. The fourth-order valence-electron chi connectivity index (χ4n) is 4.38. The number of phenols is 1. The van der Waals surface area contributed by atoms with Crippen molar-refractivity contribution < 1.29 is 19.5 Å². The highest BCUT2D eigenvalue weighted by Gasteiger charge is 2.30. The number of aromatic nitrogens is 2. The second-order valence-electron chi connectivity index (χ2n) is 8.92. The van der Waals surface area contributed by atoms with Gasteiger partial charge in [-0.3, -0.25) is 24.1 Å². The highest BCUT2D eigenvalue weighted by atomic mass is 16.3. The Balaban J connectivity index is 1.34. The summed E-state index contributed by atoms with van der Waals surface area (Å²) in [6, 6.07) is 19.9. The molecule has 9 heteroatoms. The number of aromatic hydroxyl groups is 1. The van der Waals surface area contributed by atoms with E-state index in [1.807, 2.05) is 13.8 Å². The van der Waals surface area contributed by atoms with Crippen molar-refractivity contribution in [1.82, 2.24) is 9.78 Å². The first kappa shape index (κ1) is 24.6. The van der Waals surface area contributed by atoms with Crippen LogP contribution in [0.5, 0.6) is 5.75 Å². The van der Waals surface area contributed by atoms with Crippen LogP contribution in [0.1, 0.15) is 50.5 Å². The van der Waals surface area contributed by atoms with Gasteiger partial charge >= 0.3 is 0 Å². The fourth-order valence-corrected chi connectivity index (χ4v) is 4.38. The molecule has 38 heavy (non-hydrogen) atoms. The maximum atomic E-state index is 13.3. The van der Waals surface area contributed by atoms with Gasteiger partial charge in [-0.2, -0.15) is 5.10 Å². The predicted octanol–water partition coefficient (Wildman–Crippen LogP) is 4.84. The van der Waals surface area contributed by atoms with Crippen molar-refractivity contribution in [2.45, 2.75) is 26.3 Å². The quantitative estimate of drug-likeness (QED) is 0.244. The number of benzene rings is 3. The Kier molecular flexibility index (Phi) is 6.57. The number of anilines is 2. The van der Waals surface area contributed by atoms with Crippen LogP contribution >= 0.6 is 0 Å². The minimum absolute atomic E-state index is 0.0883. The Morgan fingerprint density at radius 2 is 1.87 bits per heavy atom. The topological polar surface area (TPSA) is 126 Å². The van der Waals surface area contributed by atoms with Gasteiger partial charge in [-0.25, -0.2) is 0 Å². The van der Waals surface area contributed by atoms with E-state index in [9.17, 15) is 19.5 Å². The van der Waals surface area contributed by atoms with Gasteiger partial charge in [0, 0.05) is 41.3 Å². The first-order valence-electron chi connectivity index (χ1n) is 12.1. The van der Waals surface area contributed by atoms with Crippen LogP contribution in [0.4, 0.5) is 17.1 Å². The van der Waals surface area contributed by atoms with Crippen molar-refractivity contribution in [3.05, 3.63) is 101 Å². The number of nitrogens with one attached hydrogen (secondary N) is 2. The van der Waals surface area contributed by atoms with Crippen LogP contribution < -0.4 is 10.6 Å². The van der Waals surface area contributed by atoms with E-state index in [0.717, 1.165) is 5.69 Å². The molecule has 0 radical (unpaired) electrons. The van der Waals surface area contributed by atoms with Gasteiger partial charge in [-0.15, -0.1) is 0 Å². The highest BCUT2D eigenvalue weighted by Crippen LogP contribution is 2.33. The van der Waals surface area contributed by atoms with Crippen LogP contribution in [-0.4, -0.2) is 38.7 Å². The Morgan fingerprint density at radius 3 is 2.66 bits per heavy atom. The van der Waals surface area contributed by atoms with Crippen molar-refractivity contribution in [2.24, 2.45) is 4.99 Å². The van der Waals surface area contributed by atoms with E-state index in [1.165, 1.54) is 12.3 Å².